The molecule has 2 rings (SSSR count). The fraction of sp³-hybridized carbons (Fsp3) is 0.368. The average molecular weight is 416 g/mol. The van der Waals surface area contributed by atoms with Crippen LogP contribution < -0.4 is 10.6 Å². The average Bonchev–Trinajstić information content (AvgIpc) is 2.54. The van der Waals surface area contributed by atoms with Crippen molar-refractivity contribution < 1.29 is 28.9 Å². The first-order valence-corrected chi connectivity index (χ1v) is 11.0. The molecule has 0 aromatic heterocycles. The number of aromatic hydroxyl groups is 1. The number of hydrogen-bond acceptors (Lipinski definition) is 1. The fourth-order valence-corrected chi connectivity index (χ4v) is 3.90. The van der Waals surface area contributed by atoms with Crippen molar-refractivity contribution in [3.05, 3.63) is 58.2 Å². The second-order valence-electron chi connectivity index (χ2n) is 6.86. The van der Waals surface area contributed by atoms with Gasteiger partial charge in [0.15, 0.2) is 0 Å². The third-order valence-corrected chi connectivity index (χ3v) is 5.13. The summed E-state index contributed by atoms with van der Waals surface area (Å²) in [5.74, 6) is 0.103. The van der Waals surface area contributed by atoms with Crippen LogP contribution in [-0.4, -0.2) is 12.2 Å². The number of halogens is 2. The summed E-state index contributed by atoms with van der Waals surface area (Å²) in [6.07, 6.45) is 0. The summed E-state index contributed by atoms with van der Waals surface area (Å²) >= 11 is 1.47. The van der Waals surface area contributed by atoms with Gasteiger partial charge in [0.05, 0.1) is 0 Å². The van der Waals surface area contributed by atoms with Gasteiger partial charge in [-0.2, -0.15) is 7.05 Å². The molecule has 134 valence electrons. The Kier molecular flexibility index (Phi) is 9.08. The standard InChI is InChI=1S/C19H24FNOP.ClH.Ti/c1-12-8-15(19(2,3)4)18(22)17(9-12)23-16-7-6-14(20)10-13(16)11-21-5;;/h6-10,22-23H,11H2,1-5H3;1H;/q-1;;+2/p-1. The summed E-state index contributed by atoms with van der Waals surface area (Å²) in [6.45, 7) is 8.80. The van der Waals surface area contributed by atoms with Crippen molar-refractivity contribution in [1.82, 2.24) is 0 Å². The summed E-state index contributed by atoms with van der Waals surface area (Å²) < 4.78 is 13.5. The molecule has 0 heterocycles. The molecule has 0 amide bonds. The van der Waals surface area contributed by atoms with Gasteiger partial charge >= 0.3 is 28.7 Å². The fourth-order valence-electron chi connectivity index (χ4n) is 2.58. The summed E-state index contributed by atoms with van der Waals surface area (Å²) in [4.78, 5) is 0. The van der Waals surface area contributed by atoms with E-state index in [1.807, 2.05) is 19.1 Å². The molecule has 0 saturated heterocycles. The van der Waals surface area contributed by atoms with E-state index >= 15 is 0 Å². The van der Waals surface area contributed by atoms with Crippen molar-refractivity contribution in [2.75, 3.05) is 7.05 Å². The van der Waals surface area contributed by atoms with E-state index in [2.05, 4.69) is 35.4 Å². The molecular formula is C19H24ClFNOPTi. The maximum absolute atomic E-state index is 13.5. The molecule has 0 aliphatic heterocycles. The van der Waals surface area contributed by atoms with E-state index in [-0.39, 0.29) is 19.8 Å². The first kappa shape index (κ1) is 22.6. The van der Waals surface area contributed by atoms with Crippen LogP contribution in [0.15, 0.2) is 30.3 Å². The van der Waals surface area contributed by atoms with Crippen LogP contribution in [-0.2, 0) is 31.3 Å². The van der Waals surface area contributed by atoms with Crippen molar-refractivity contribution in [1.29, 1.82) is 0 Å². The van der Waals surface area contributed by atoms with Gasteiger partial charge in [-0.3, -0.25) is 0 Å². The Morgan fingerprint density at radius 2 is 1.80 bits per heavy atom. The second-order valence-corrected chi connectivity index (χ2v) is 8.19. The minimum atomic E-state index is -0.249. The van der Waals surface area contributed by atoms with Gasteiger partial charge in [0.25, 0.3) is 0 Å². The molecule has 25 heavy (non-hydrogen) atoms. The van der Waals surface area contributed by atoms with Gasteiger partial charge in [-0.05, 0) is 41.4 Å². The van der Waals surface area contributed by atoms with E-state index in [1.54, 1.807) is 13.1 Å². The molecule has 0 aliphatic rings. The molecule has 0 aliphatic carbocycles. The van der Waals surface area contributed by atoms with Crippen LogP contribution in [0.5, 0.6) is 5.75 Å². The Hall–Kier alpha value is -0.436. The zero-order valence-corrected chi connectivity index (χ0v) is 18.6. The predicted molar refractivity (Wildman–Crippen MR) is 104 cm³/mol. The Morgan fingerprint density at radius 3 is 2.36 bits per heavy atom. The SMILES string of the molecule is C[N-]Cc1cc(F)ccc1Pc1cc(C)cc(C(C)(C)C)c1O.[Cl][Ti+]. The monoisotopic (exact) mass is 415 g/mol. The number of nitrogens with zero attached hydrogens (tertiary/aromatic N) is 1. The molecule has 2 nitrogen and oxygen atoms in total. The van der Waals surface area contributed by atoms with Gasteiger partial charge in [-0.1, -0.05) is 47.0 Å². The van der Waals surface area contributed by atoms with Crippen LogP contribution in [0.2, 0.25) is 0 Å². The summed E-state index contributed by atoms with van der Waals surface area (Å²) in [5, 5.41) is 16.7. The third-order valence-electron chi connectivity index (χ3n) is 3.73. The molecule has 2 aromatic rings. The van der Waals surface area contributed by atoms with Crippen molar-refractivity contribution >= 4 is 28.5 Å². The van der Waals surface area contributed by atoms with Crippen molar-refractivity contribution in [3.63, 3.8) is 0 Å². The molecule has 1 atom stereocenters. The van der Waals surface area contributed by atoms with Gasteiger partial charge in [-0.15, -0.1) is 6.54 Å². The van der Waals surface area contributed by atoms with E-state index in [0.717, 1.165) is 27.3 Å². The second kappa shape index (κ2) is 10.0. The number of phenolic OH excluding ortho intramolecular Hbond substituents is 1. The molecule has 0 spiro atoms. The zero-order chi connectivity index (χ0) is 19.2. The number of phenols is 1. The Bertz CT molecular complexity index is 719. The van der Waals surface area contributed by atoms with Crippen LogP contribution in [0.4, 0.5) is 4.39 Å². The van der Waals surface area contributed by atoms with Gasteiger partial charge in [0.1, 0.15) is 11.6 Å². The topological polar surface area (TPSA) is 34.3 Å². The van der Waals surface area contributed by atoms with Gasteiger partial charge < -0.3 is 10.4 Å². The quantitative estimate of drug-likeness (QED) is 0.556. The third kappa shape index (κ3) is 6.34. The van der Waals surface area contributed by atoms with E-state index in [4.69, 9.17) is 0 Å². The van der Waals surface area contributed by atoms with E-state index < -0.39 is 0 Å². The maximum atomic E-state index is 13.5. The van der Waals surface area contributed by atoms with Gasteiger partial charge in [0.2, 0.25) is 0 Å². The van der Waals surface area contributed by atoms with Gasteiger partial charge in [-0.25, -0.2) is 4.39 Å². The summed E-state index contributed by atoms with van der Waals surface area (Å²) in [6, 6.07) is 8.86. The normalized spacial score (nSPS) is 11.4. The van der Waals surface area contributed by atoms with Crippen molar-refractivity contribution in [2.24, 2.45) is 0 Å². The summed E-state index contributed by atoms with van der Waals surface area (Å²) in [7, 11) is 6.64. The predicted octanol–water partition coefficient (Wildman–Crippen LogP) is 4.96. The van der Waals surface area contributed by atoms with Crippen LogP contribution in [0.25, 0.3) is 5.32 Å². The molecule has 6 heteroatoms. The Balaban J connectivity index is 0.00000151. The summed E-state index contributed by atoms with van der Waals surface area (Å²) in [5.41, 5.74) is 2.83. The van der Waals surface area contributed by atoms with Gasteiger partial charge in [0, 0.05) is 10.9 Å². The van der Waals surface area contributed by atoms with E-state index in [0.29, 0.717) is 12.3 Å². The Labute approximate surface area is 167 Å². The molecule has 0 fully saturated rings. The molecule has 1 N–H and O–H groups in total. The van der Waals surface area contributed by atoms with Crippen LogP contribution in [0.1, 0.15) is 37.5 Å². The molecular weight excluding hydrogens is 392 g/mol. The zero-order valence-electron chi connectivity index (χ0n) is 15.2. The van der Waals surface area contributed by atoms with Crippen LogP contribution in [0.3, 0.4) is 0 Å². The molecule has 0 bridgehead atoms. The first-order chi connectivity index (χ1) is 11.7. The number of benzene rings is 2. The minimum absolute atomic E-state index is 0.125. The van der Waals surface area contributed by atoms with Crippen molar-refractivity contribution in [2.45, 2.75) is 39.7 Å². The number of hydrogen-bond donors (Lipinski definition) is 1. The van der Waals surface area contributed by atoms with E-state index in [9.17, 15) is 9.50 Å². The Morgan fingerprint density at radius 1 is 1.16 bits per heavy atom. The number of rotatable bonds is 4. The van der Waals surface area contributed by atoms with Crippen molar-refractivity contribution in [3.8, 4) is 5.75 Å². The molecule has 2 aromatic carbocycles. The number of aryl methyl sites for hydroxylation is 1. The molecule has 1 unspecified atom stereocenters. The first-order valence-electron chi connectivity index (χ1n) is 7.86. The van der Waals surface area contributed by atoms with E-state index in [1.165, 1.54) is 31.5 Å². The van der Waals surface area contributed by atoms with Crippen LogP contribution in [0, 0.1) is 12.7 Å². The molecule has 0 saturated carbocycles. The van der Waals surface area contributed by atoms with Crippen LogP contribution >= 0.6 is 17.9 Å². The molecule has 0 radical (unpaired) electrons.